The molecule has 0 saturated carbocycles. The highest BCUT2D eigenvalue weighted by Gasteiger charge is 2.19. The quantitative estimate of drug-likeness (QED) is 0.710. The van der Waals surface area contributed by atoms with Gasteiger partial charge in [-0.1, -0.05) is 24.3 Å². The van der Waals surface area contributed by atoms with Gasteiger partial charge in [0.2, 0.25) is 0 Å². The Labute approximate surface area is 148 Å². The molecule has 0 unspecified atom stereocenters. The van der Waals surface area contributed by atoms with Crippen molar-refractivity contribution in [1.82, 2.24) is 14.5 Å². The number of aryl methyl sites for hydroxylation is 1. The monoisotopic (exact) mass is 356 g/mol. The van der Waals surface area contributed by atoms with Crippen LogP contribution in [0.4, 0.5) is 5.13 Å². The summed E-state index contributed by atoms with van der Waals surface area (Å²) in [7, 11) is 1.32. The van der Waals surface area contributed by atoms with Crippen molar-refractivity contribution in [2.45, 2.75) is 13.3 Å². The minimum atomic E-state index is -0.447. The molecular weight excluding hydrogens is 340 g/mol. The number of nitrogens with zero attached hydrogens (tertiary/aromatic N) is 3. The normalized spacial score (nSPS) is 10.5. The predicted octanol–water partition coefficient (Wildman–Crippen LogP) is 2.93. The van der Waals surface area contributed by atoms with Gasteiger partial charge in [0.25, 0.3) is 5.91 Å². The van der Waals surface area contributed by atoms with Crippen molar-refractivity contribution >= 4 is 28.3 Å². The van der Waals surface area contributed by atoms with E-state index in [-0.39, 0.29) is 5.91 Å². The Bertz CT molecular complexity index is 903. The smallest absolute Gasteiger partial charge is 0.350 e. The van der Waals surface area contributed by atoms with E-state index in [9.17, 15) is 9.59 Å². The van der Waals surface area contributed by atoms with Gasteiger partial charge in [0, 0.05) is 23.6 Å². The Morgan fingerprint density at radius 1 is 1.36 bits per heavy atom. The lowest BCUT2D eigenvalue weighted by Gasteiger charge is -2.05. The zero-order valence-electron chi connectivity index (χ0n) is 13.7. The van der Waals surface area contributed by atoms with Crippen LogP contribution in [0.2, 0.25) is 0 Å². The molecule has 0 spiro atoms. The molecule has 0 fully saturated rings. The number of imidazole rings is 1. The van der Waals surface area contributed by atoms with Crippen LogP contribution in [0.1, 0.15) is 32.6 Å². The molecule has 0 aliphatic heterocycles. The Morgan fingerprint density at radius 3 is 2.88 bits per heavy atom. The van der Waals surface area contributed by atoms with E-state index in [4.69, 9.17) is 4.74 Å². The van der Waals surface area contributed by atoms with E-state index in [0.717, 1.165) is 17.0 Å². The minimum absolute atomic E-state index is 0.296. The van der Waals surface area contributed by atoms with Crippen molar-refractivity contribution in [3.63, 3.8) is 0 Å². The van der Waals surface area contributed by atoms with Gasteiger partial charge in [-0.25, -0.2) is 14.8 Å². The van der Waals surface area contributed by atoms with Crippen LogP contribution < -0.4 is 5.32 Å². The average molecular weight is 356 g/mol. The molecule has 0 atom stereocenters. The summed E-state index contributed by atoms with van der Waals surface area (Å²) in [5, 5.41) is 3.11. The molecule has 25 heavy (non-hydrogen) atoms. The topological polar surface area (TPSA) is 86.1 Å². The van der Waals surface area contributed by atoms with Gasteiger partial charge >= 0.3 is 5.97 Å². The van der Waals surface area contributed by atoms with Crippen molar-refractivity contribution in [2.75, 3.05) is 12.4 Å². The van der Waals surface area contributed by atoms with Crippen LogP contribution in [0.15, 0.2) is 43.0 Å². The number of hydrogen-bond acceptors (Lipinski definition) is 6. The molecule has 0 saturated heterocycles. The standard InChI is InChI=1S/C17H16N4O3S/c1-3-13-14(16(23)24-2)25-17(19-13)20-15(22)11-5-4-6-12(9-11)21-8-7-18-10-21/h4-10H,3H2,1-2H3,(H,19,20,22). The minimum Gasteiger partial charge on any atom is -0.465 e. The summed E-state index contributed by atoms with van der Waals surface area (Å²) in [6.07, 6.45) is 5.71. The van der Waals surface area contributed by atoms with E-state index in [1.54, 1.807) is 36.9 Å². The molecule has 0 aliphatic carbocycles. The average Bonchev–Trinajstić information content (AvgIpc) is 3.31. The maximum absolute atomic E-state index is 12.5. The summed E-state index contributed by atoms with van der Waals surface area (Å²) < 4.78 is 6.56. The number of aromatic nitrogens is 3. The second-order valence-corrected chi connectivity index (χ2v) is 6.11. The number of benzene rings is 1. The van der Waals surface area contributed by atoms with Crippen LogP contribution in [0.25, 0.3) is 5.69 Å². The first-order valence-corrected chi connectivity index (χ1v) is 8.41. The molecule has 2 aromatic heterocycles. The van der Waals surface area contributed by atoms with Crippen LogP contribution in [0.5, 0.6) is 0 Å². The highest BCUT2D eigenvalue weighted by atomic mass is 32.1. The molecule has 1 N–H and O–H groups in total. The lowest BCUT2D eigenvalue weighted by Crippen LogP contribution is -2.12. The zero-order chi connectivity index (χ0) is 17.8. The van der Waals surface area contributed by atoms with E-state index in [1.165, 1.54) is 7.11 Å². The van der Waals surface area contributed by atoms with Crippen LogP contribution in [-0.4, -0.2) is 33.5 Å². The summed E-state index contributed by atoms with van der Waals surface area (Å²) in [4.78, 5) is 33.0. The van der Waals surface area contributed by atoms with Gasteiger partial charge in [0.15, 0.2) is 5.13 Å². The molecule has 1 aromatic carbocycles. The SMILES string of the molecule is CCc1nc(NC(=O)c2cccc(-n3ccnc3)c2)sc1C(=O)OC. The first-order chi connectivity index (χ1) is 12.1. The molecular formula is C17H16N4O3S. The fraction of sp³-hybridized carbons (Fsp3) is 0.176. The number of amides is 1. The zero-order valence-corrected chi connectivity index (χ0v) is 14.5. The Balaban J connectivity index is 1.82. The summed E-state index contributed by atoms with van der Waals surface area (Å²) in [6, 6.07) is 7.15. The summed E-state index contributed by atoms with van der Waals surface area (Å²) >= 11 is 1.11. The molecule has 2 heterocycles. The lowest BCUT2D eigenvalue weighted by atomic mass is 10.2. The van der Waals surface area contributed by atoms with E-state index >= 15 is 0 Å². The lowest BCUT2D eigenvalue weighted by molar-refractivity contribution is 0.0604. The Morgan fingerprint density at radius 2 is 2.20 bits per heavy atom. The maximum Gasteiger partial charge on any atom is 0.350 e. The molecule has 3 rings (SSSR count). The molecule has 1 amide bonds. The number of methoxy groups -OCH3 is 1. The Kier molecular flexibility index (Phi) is 4.90. The molecule has 0 radical (unpaired) electrons. The number of carbonyl (C=O) groups excluding carboxylic acids is 2. The largest absolute Gasteiger partial charge is 0.465 e. The molecule has 0 aliphatic rings. The molecule has 0 bridgehead atoms. The van der Waals surface area contributed by atoms with Gasteiger partial charge in [-0.2, -0.15) is 0 Å². The summed E-state index contributed by atoms with van der Waals surface area (Å²) in [5.74, 6) is -0.744. The van der Waals surface area contributed by atoms with Crippen molar-refractivity contribution in [3.05, 3.63) is 59.1 Å². The van der Waals surface area contributed by atoms with Crippen molar-refractivity contribution in [2.24, 2.45) is 0 Å². The fourth-order valence-electron chi connectivity index (χ4n) is 2.29. The van der Waals surface area contributed by atoms with Crippen LogP contribution in [0.3, 0.4) is 0 Å². The third-order valence-electron chi connectivity index (χ3n) is 3.53. The molecule has 8 heteroatoms. The number of carbonyl (C=O) groups is 2. The van der Waals surface area contributed by atoms with Crippen molar-refractivity contribution < 1.29 is 14.3 Å². The van der Waals surface area contributed by atoms with Gasteiger partial charge < -0.3 is 9.30 Å². The maximum atomic E-state index is 12.5. The van der Waals surface area contributed by atoms with Crippen LogP contribution >= 0.6 is 11.3 Å². The van der Waals surface area contributed by atoms with Gasteiger partial charge in [0.1, 0.15) is 4.88 Å². The fourth-order valence-corrected chi connectivity index (χ4v) is 3.25. The van der Waals surface area contributed by atoms with Crippen LogP contribution in [0, 0.1) is 0 Å². The highest BCUT2D eigenvalue weighted by Crippen LogP contribution is 2.25. The Hall–Kier alpha value is -3.00. The number of hydrogen-bond donors (Lipinski definition) is 1. The summed E-state index contributed by atoms with van der Waals surface area (Å²) in [5.41, 5.74) is 1.92. The molecule has 3 aromatic rings. The van der Waals surface area contributed by atoms with E-state index < -0.39 is 5.97 Å². The number of anilines is 1. The van der Waals surface area contributed by atoms with Crippen molar-refractivity contribution in [1.29, 1.82) is 0 Å². The predicted molar refractivity (Wildman–Crippen MR) is 94.3 cm³/mol. The number of rotatable bonds is 5. The second-order valence-electron chi connectivity index (χ2n) is 5.11. The van der Waals surface area contributed by atoms with E-state index in [1.807, 2.05) is 17.6 Å². The third kappa shape index (κ3) is 3.58. The van der Waals surface area contributed by atoms with Gasteiger partial charge in [0.05, 0.1) is 19.1 Å². The second kappa shape index (κ2) is 7.27. The molecule has 7 nitrogen and oxygen atoms in total. The molecule has 128 valence electrons. The number of thiazole rings is 1. The van der Waals surface area contributed by atoms with Crippen LogP contribution in [-0.2, 0) is 11.2 Å². The van der Waals surface area contributed by atoms with Gasteiger partial charge in [-0.05, 0) is 24.6 Å². The number of nitrogens with one attached hydrogen (secondary N) is 1. The summed E-state index contributed by atoms with van der Waals surface area (Å²) in [6.45, 7) is 1.89. The first kappa shape index (κ1) is 16.8. The van der Waals surface area contributed by atoms with Gasteiger partial charge in [-0.15, -0.1) is 0 Å². The van der Waals surface area contributed by atoms with Crippen molar-refractivity contribution in [3.8, 4) is 5.69 Å². The number of ether oxygens (including phenoxy) is 1. The van der Waals surface area contributed by atoms with E-state index in [2.05, 4.69) is 15.3 Å². The third-order valence-corrected chi connectivity index (χ3v) is 4.53. The first-order valence-electron chi connectivity index (χ1n) is 7.60. The number of esters is 1. The van der Waals surface area contributed by atoms with E-state index in [0.29, 0.717) is 27.7 Å². The highest BCUT2D eigenvalue weighted by molar-refractivity contribution is 7.17. The van der Waals surface area contributed by atoms with Gasteiger partial charge in [-0.3, -0.25) is 10.1 Å².